The maximum atomic E-state index is 11.4. The van der Waals surface area contributed by atoms with Crippen LogP contribution in [0.5, 0.6) is 0 Å². The fourth-order valence-electron chi connectivity index (χ4n) is 1.48. The number of thioether (sulfide) groups is 1. The molecule has 2 rings (SSSR count). The van der Waals surface area contributed by atoms with Crippen LogP contribution in [0, 0.1) is 0 Å². The van der Waals surface area contributed by atoms with Crippen LogP contribution in [0.2, 0.25) is 0 Å². The smallest absolute Gasteiger partial charge is 0.223 e. The van der Waals surface area contributed by atoms with Gasteiger partial charge in [0, 0.05) is 25.0 Å². The Labute approximate surface area is 92.1 Å². The van der Waals surface area contributed by atoms with Gasteiger partial charge in [0.25, 0.3) is 0 Å². The molecule has 2 heterocycles. The number of hydrogen-bond acceptors (Lipinski definition) is 5. The van der Waals surface area contributed by atoms with E-state index in [1.54, 1.807) is 30.4 Å². The fraction of sp³-hybridized carbons (Fsp3) is 0.444. The molecule has 1 aliphatic rings. The summed E-state index contributed by atoms with van der Waals surface area (Å²) >= 11 is 1.56. The molecule has 1 amide bonds. The molecule has 0 spiro atoms. The summed E-state index contributed by atoms with van der Waals surface area (Å²) in [7, 11) is 0. The van der Waals surface area contributed by atoms with Crippen molar-refractivity contribution in [1.82, 2.24) is 20.6 Å². The maximum absolute atomic E-state index is 11.4. The lowest BCUT2D eigenvalue weighted by Gasteiger charge is -2.29. The first-order chi connectivity index (χ1) is 7.29. The molecule has 0 radical (unpaired) electrons. The van der Waals surface area contributed by atoms with Crippen LogP contribution in [-0.4, -0.2) is 27.6 Å². The van der Waals surface area contributed by atoms with Crippen LogP contribution in [0.25, 0.3) is 0 Å². The van der Waals surface area contributed by atoms with E-state index >= 15 is 0 Å². The van der Waals surface area contributed by atoms with Crippen molar-refractivity contribution in [3.05, 3.63) is 24.3 Å². The highest BCUT2D eigenvalue weighted by Crippen LogP contribution is 2.19. The molecule has 0 saturated carbocycles. The van der Waals surface area contributed by atoms with Gasteiger partial charge in [-0.1, -0.05) is 0 Å². The second-order valence-electron chi connectivity index (χ2n) is 3.24. The van der Waals surface area contributed by atoms with E-state index in [0.29, 0.717) is 6.42 Å². The third-order valence-electron chi connectivity index (χ3n) is 2.21. The predicted octanol–water partition coefficient (Wildman–Crippen LogP) is 0.274. The molecule has 1 fully saturated rings. The second-order valence-corrected chi connectivity index (χ2v) is 4.18. The molecule has 5 nitrogen and oxygen atoms in total. The third kappa shape index (κ3) is 2.45. The maximum Gasteiger partial charge on any atom is 0.223 e. The van der Waals surface area contributed by atoms with E-state index in [2.05, 4.69) is 20.6 Å². The first kappa shape index (κ1) is 10.4. The van der Waals surface area contributed by atoms with Gasteiger partial charge in [-0.2, -0.15) is 0 Å². The normalized spacial score (nSPS) is 26.1. The van der Waals surface area contributed by atoms with E-state index in [-0.39, 0.29) is 17.4 Å². The van der Waals surface area contributed by atoms with Gasteiger partial charge in [0.05, 0.1) is 11.7 Å². The number of carbonyl (C=O) groups excluding carboxylic acids is 1. The monoisotopic (exact) mass is 224 g/mol. The molecule has 80 valence electrons. The lowest BCUT2D eigenvalue weighted by Crippen LogP contribution is -2.50. The second kappa shape index (κ2) is 4.59. The molecular weight excluding hydrogens is 212 g/mol. The van der Waals surface area contributed by atoms with E-state index in [1.807, 2.05) is 6.26 Å². The molecule has 1 aliphatic heterocycles. The Bertz CT molecular complexity index is 345. The summed E-state index contributed by atoms with van der Waals surface area (Å²) in [5, 5.41) is 6.11. The number of rotatable bonds is 2. The Kier molecular flexibility index (Phi) is 3.17. The van der Waals surface area contributed by atoms with Gasteiger partial charge in [0.2, 0.25) is 5.91 Å². The van der Waals surface area contributed by atoms with Crippen molar-refractivity contribution >= 4 is 17.7 Å². The molecular formula is C9H12N4OS. The average molecular weight is 224 g/mol. The van der Waals surface area contributed by atoms with Gasteiger partial charge in [-0.05, 0) is 6.26 Å². The predicted molar refractivity (Wildman–Crippen MR) is 58.0 cm³/mol. The number of nitrogens with one attached hydrogen (secondary N) is 2. The highest BCUT2D eigenvalue weighted by molar-refractivity contribution is 7.99. The van der Waals surface area contributed by atoms with E-state index in [1.165, 1.54) is 0 Å². The first-order valence-corrected chi connectivity index (χ1v) is 5.92. The van der Waals surface area contributed by atoms with Crippen molar-refractivity contribution in [1.29, 1.82) is 0 Å². The molecule has 2 N–H and O–H groups in total. The molecule has 2 atom stereocenters. The summed E-state index contributed by atoms with van der Waals surface area (Å²) in [4.78, 5) is 19.6. The van der Waals surface area contributed by atoms with Gasteiger partial charge in [0.15, 0.2) is 0 Å². The average Bonchev–Trinajstić information content (AvgIpc) is 2.29. The van der Waals surface area contributed by atoms with Gasteiger partial charge in [0.1, 0.15) is 5.50 Å². The molecule has 1 aromatic heterocycles. The van der Waals surface area contributed by atoms with Crippen molar-refractivity contribution in [2.24, 2.45) is 0 Å². The highest BCUT2D eigenvalue weighted by atomic mass is 32.2. The summed E-state index contributed by atoms with van der Waals surface area (Å²) in [5.41, 5.74) is 0.768. The summed E-state index contributed by atoms with van der Waals surface area (Å²) in [6.07, 6.45) is 7.30. The van der Waals surface area contributed by atoms with Crippen molar-refractivity contribution in [2.45, 2.75) is 18.0 Å². The van der Waals surface area contributed by atoms with Crippen LogP contribution in [0.4, 0.5) is 0 Å². The first-order valence-electron chi connectivity index (χ1n) is 4.63. The number of hydrogen-bond donors (Lipinski definition) is 2. The fourth-order valence-corrected chi connectivity index (χ4v) is 2.03. The van der Waals surface area contributed by atoms with E-state index in [4.69, 9.17) is 0 Å². The Balaban J connectivity index is 2.12. The topological polar surface area (TPSA) is 66.9 Å². The molecule has 1 aromatic rings. The van der Waals surface area contributed by atoms with E-state index < -0.39 is 0 Å². The summed E-state index contributed by atoms with van der Waals surface area (Å²) in [6, 6.07) is -0.0371. The Morgan fingerprint density at radius 2 is 2.40 bits per heavy atom. The lowest BCUT2D eigenvalue weighted by molar-refractivity contribution is -0.123. The molecule has 0 bridgehead atoms. The summed E-state index contributed by atoms with van der Waals surface area (Å²) < 4.78 is 0. The molecule has 2 unspecified atom stereocenters. The summed E-state index contributed by atoms with van der Waals surface area (Å²) in [6.45, 7) is 0. The van der Waals surface area contributed by atoms with Gasteiger partial charge in [-0.25, -0.2) is 0 Å². The molecule has 15 heavy (non-hydrogen) atoms. The largest absolute Gasteiger partial charge is 0.332 e. The molecule has 6 heteroatoms. The quantitative estimate of drug-likeness (QED) is 0.755. The van der Waals surface area contributed by atoms with Crippen LogP contribution in [0.1, 0.15) is 18.2 Å². The Morgan fingerprint density at radius 1 is 1.53 bits per heavy atom. The minimum Gasteiger partial charge on any atom is -0.332 e. The van der Waals surface area contributed by atoms with E-state index in [0.717, 1.165) is 5.69 Å². The summed E-state index contributed by atoms with van der Waals surface area (Å²) in [5.74, 6) is 0.0451. The highest BCUT2D eigenvalue weighted by Gasteiger charge is 2.26. The molecule has 1 saturated heterocycles. The number of amides is 1. The SMILES string of the molecule is CSC1NC(=O)CC(c2cnccn2)N1. The minimum absolute atomic E-state index is 0.0371. The number of carbonyl (C=O) groups is 1. The third-order valence-corrected chi connectivity index (χ3v) is 2.94. The standard InChI is InChI=1S/C9H12N4OS/c1-15-9-12-6(4-8(14)13-9)7-5-10-2-3-11-7/h2-3,5-6,9,12H,4H2,1H3,(H,13,14). The van der Waals surface area contributed by atoms with E-state index in [9.17, 15) is 4.79 Å². The molecule has 0 aromatic carbocycles. The van der Waals surface area contributed by atoms with Crippen molar-refractivity contribution in [2.75, 3.05) is 6.26 Å². The van der Waals surface area contributed by atoms with Crippen LogP contribution in [0.3, 0.4) is 0 Å². The molecule has 0 aliphatic carbocycles. The zero-order valence-electron chi connectivity index (χ0n) is 8.30. The van der Waals surface area contributed by atoms with Gasteiger partial charge in [-0.3, -0.25) is 20.1 Å². The zero-order valence-corrected chi connectivity index (χ0v) is 9.12. The van der Waals surface area contributed by atoms with Crippen molar-refractivity contribution in [3.63, 3.8) is 0 Å². The zero-order chi connectivity index (χ0) is 10.7. The van der Waals surface area contributed by atoms with Gasteiger partial charge < -0.3 is 5.32 Å². The van der Waals surface area contributed by atoms with Crippen LogP contribution in [0.15, 0.2) is 18.6 Å². The number of nitrogens with zero attached hydrogens (tertiary/aromatic N) is 2. The van der Waals surface area contributed by atoms with Crippen molar-refractivity contribution in [3.8, 4) is 0 Å². The Hall–Kier alpha value is -1.14. The van der Waals surface area contributed by atoms with Crippen LogP contribution >= 0.6 is 11.8 Å². The van der Waals surface area contributed by atoms with Gasteiger partial charge >= 0.3 is 0 Å². The number of aromatic nitrogens is 2. The van der Waals surface area contributed by atoms with Crippen LogP contribution < -0.4 is 10.6 Å². The van der Waals surface area contributed by atoms with Gasteiger partial charge in [-0.15, -0.1) is 11.8 Å². The lowest BCUT2D eigenvalue weighted by atomic mass is 10.1. The minimum atomic E-state index is -0.0433. The Morgan fingerprint density at radius 3 is 3.07 bits per heavy atom. The van der Waals surface area contributed by atoms with Crippen molar-refractivity contribution < 1.29 is 4.79 Å². The van der Waals surface area contributed by atoms with Crippen LogP contribution in [-0.2, 0) is 4.79 Å².